The van der Waals surface area contributed by atoms with Gasteiger partial charge in [0.15, 0.2) is 5.96 Å². The summed E-state index contributed by atoms with van der Waals surface area (Å²) in [6.45, 7) is 0.360. The SMILES string of the molecule is COc1ccc(OC)c(NC(N)=NCCc2cc(Br)ccc2F)c1. The molecule has 24 heavy (non-hydrogen) atoms. The predicted octanol–water partition coefficient (Wildman–Crippen LogP) is 3.57. The van der Waals surface area contributed by atoms with E-state index in [2.05, 4.69) is 26.2 Å². The van der Waals surface area contributed by atoms with E-state index in [0.717, 1.165) is 4.47 Å². The van der Waals surface area contributed by atoms with Gasteiger partial charge in [-0.3, -0.25) is 4.99 Å². The molecule has 0 aliphatic rings. The largest absolute Gasteiger partial charge is 0.497 e. The summed E-state index contributed by atoms with van der Waals surface area (Å²) in [6.07, 6.45) is 0.447. The maximum atomic E-state index is 13.7. The zero-order chi connectivity index (χ0) is 17.5. The monoisotopic (exact) mass is 395 g/mol. The van der Waals surface area contributed by atoms with Crippen molar-refractivity contribution in [2.75, 3.05) is 26.1 Å². The second-order valence-corrected chi connectivity index (χ2v) is 5.86. The molecule has 0 heterocycles. The Hall–Kier alpha value is -2.28. The van der Waals surface area contributed by atoms with Gasteiger partial charge in [0.05, 0.1) is 19.9 Å². The zero-order valence-electron chi connectivity index (χ0n) is 13.5. The Balaban J connectivity index is 2.03. The van der Waals surface area contributed by atoms with Crippen molar-refractivity contribution >= 4 is 27.6 Å². The molecule has 2 aromatic rings. The fourth-order valence-corrected chi connectivity index (χ4v) is 2.53. The second kappa shape index (κ2) is 8.54. The highest BCUT2D eigenvalue weighted by atomic mass is 79.9. The van der Waals surface area contributed by atoms with Crippen molar-refractivity contribution in [3.05, 3.63) is 52.3 Å². The van der Waals surface area contributed by atoms with E-state index in [9.17, 15) is 4.39 Å². The average molecular weight is 396 g/mol. The van der Waals surface area contributed by atoms with E-state index in [1.807, 2.05) is 0 Å². The van der Waals surface area contributed by atoms with Gasteiger partial charge in [0.1, 0.15) is 17.3 Å². The predicted molar refractivity (Wildman–Crippen MR) is 97.5 cm³/mol. The van der Waals surface area contributed by atoms with E-state index >= 15 is 0 Å². The lowest BCUT2D eigenvalue weighted by Crippen LogP contribution is -2.23. The molecule has 5 nitrogen and oxygen atoms in total. The fraction of sp³-hybridized carbons (Fsp3) is 0.235. The van der Waals surface area contributed by atoms with E-state index in [4.69, 9.17) is 15.2 Å². The Kier molecular flexibility index (Phi) is 6.43. The van der Waals surface area contributed by atoms with Gasteiger partial charge in [-0.25, -0.2) is 4.39 Å². The van der Waals surface area contributed by atoms with Crippen molar-refractivity contribution in [2.24, 2.45) is 10.7 Å². The van der Waals surface area contributed by atoms with Gasteiger partial charge in [-0.2, -0.15) is 0 Å². The number of hydrogen-bond acceptors (Lipinski definition) is 3. The van der Waals surface area contributed by atoms with E-state index < -0.39 is 0 Å². The summed E-state index contributed by atoms with van der Waals surface area (Å²) in [5.41, 5.74) is 7.12. The van der Waals surface area contributed by atoms with Crippen LogP contribution in [0.5, 0.6) is 11.5 Å². The number of nitrogens with zero attached hydrogens (tertiary/aromatic N) is 1. The number of guanidine groups is 1. The molecule has 0 fully saturated rings. The molecule has 0 saturated carbocycles. The lowest BCUT2D eigenvalue weighted by atomic mass is 10.1. The second-order valence-electron chi connectivity index (χ2n) is 4.94. The normalized spacial score (nSPS) is 11.2. The van der Waals surface area contributed by atoms with Gasteiger partial charge < -0.3 is 20.5 Å². The lowest BCUT2D eigenvalue weighted by Gasteiger charge is -2.12. The van der Waals surface area contributed by atoms with Crippen LogP contribution in [0.2, 0.25) is 0 Å². The van der Waals surface area contributed by atoms with Crippen LogP contribution < -0.4 is 20.5 Å². The highest BCUT2D eigenvalue weighted by Crippen LogP contribution is 2.28. The third-order valence-corrected chi connectivity index (χ3v) is 3.83. The molecule has 0 aliphatic carbocycles. The van der Waals surface area contributed by atoms with E-state index in [-0.39, 0.29) is 11.8 Å². The molecule has 0 saturated heterocycles. The summed E-state index contributed by atoms with van der Waals surface area (Å²) in [4.78, 5) is 4.22. The molecule has 0 unspecified atom stereocenters. The minimum absolute atomic E-state index is 0.219. The van der Waals surface area contributed by atoms with Crippen molar-refractivity contribution < 1.29 is 13.9 Å². The molecular weight excluding hydrogens is 377 g/mol. The lowest BCUT2D eigenvalue weighted by molar-refractivity contribution is 0.405. The number of anilines is 1. The number of nitrogens with one attached hydrogen (secondary N) is 1. The quantitative estimate of drug-likeness (QED) is 0.579. The van der Waals surface area contributed by atoms with Crippen molar-refractivity contribution in [1.29, 1.82) is 0 Å². The van der Waals surface area contributed by atoms with Crippen LogP contribution in [0.4, 0.5) is 10.1 Å². The number of halogens is 2. The van der Waals surface area contributed by atoms with Crippen molar-refractivity contribution in [1.82, 2.24) is 0 Å². The number of methoxy groups -OCH3 is 2. The highest BCUT2D eigenvalue weighted by molar-refractivity contribution is 9.10. The Morgan fingerprint density at radius 1 is 1.21 bits per heavy atom. The molecule has 2 rings (SSSR count). The molecule has 0 amide bonds. The maximum absolute atomic E-state index is 13.7. The standard InChI is InChI=1S/C17H19BrFN3O2/c1-23-13-4-6-16(24-2)15(10-13)22-17(20)21-8-7-11-9-12(18)3-5-14(11)19/h3-6,9-10H,7-8H2,1-2H3,(H3,20,21,22). The van der Waals surface area contributed by atoms with E-state index in [1.54, 1.807) is 44.6 Å². The Labute approximate surface area is 148 Å². The number of ether oxygens (including phenoxy) is 2. The van der Waals surface area contributed by atoms with Crippen LogP contribution in [-0.2, 0) is 6.42 Å². The van der Waals surface area contributed by atoms with Gasteiger partial charge in [0, 0.05) is 17.1 Å². The molecule has 0 bridgehead atoms. The van der Waals surface area contributed by atoms with Crippen LogP contribution in [0.3, 0.4) is 0 Å². The summed E-state index contributed by atoms with van der Waals surface area (Å²) in [7, 11) is 3.14. The van der Waals surface area contributed by atoms with E-state index in [1.165, 1.54) is 6.07 Å². The Morgan fingerprint density at radius 3 is 2.71 bits per heavy atom. The van der Waals surface area contributed by atoms with Gasteiger partial charge in [-0.15, -0.1) is 0 Å². The smallest absolute Gasteiger partial charge is 0.193 e. The summed E-state index contributed by atoms with van der Waals surface area (Å²) < 4.78 is 24.9. The Morgan fingerprint density at radius 2 is 2.00 bits per heavy atom. The first kappa shape index (κ1) is 18.1. The van der Waals surface area contributed by atoms with Crippen molar-refractivity contribution in [2.45, 2.75) is 6.42 Å². The van der Waals surface area contributed by atoms with Gasteiger partial charge in [-0.1, -0.05) is 15.9 Å². The first-order chi connectivity index (χ1) is 11.5. The molecule has 2 aromatic carbocycles. The first-order valence-electron chi connectivity index (χ1n) is 7.26. The van der Waals surface area contributed by atoms with Crippen LogP contribution in [0, 0.1) is 5.82 Å². The summed E-state index contributed by atoms with van der Waals surface area (Å²) in [6, 6.07) is 10.1. The summed E-state index contributed by atoms with van der Waals surface area (Å²) >= 11 is 3.33. The molecule has 7 heteroatoms. The average Bonchev–Trinajstić information content (AvgIpc) is 2.57. The number of aliphatic imine (C=N–C) groups is 1. The van der Waals surface area contributed by atoms with Crippen molar-refractivity contribution in [3.8, 4) is 11.5 Å². The fourth-order valence-electron chi connectivity index (χ4n) is 2.12. The molecule has 128 valence electrons. The van der Waals surface area contributed by atoms with Gasteiger partial charge >= 0.3 is 0 Å². The van der Waals surface area contributed by atoms with Gasteiger partial charge in [0.2, 0.25) is 0 Å². The maximum Gasteiger partial charge on any atom is 0.193 e. The summed E-state index contributed by atoms with van der Waals surface area (Å²) in [5, 5.41) is 2.97. The van der Waals surface area contributed by atoms with E-state index in [0.29, 0.717) is 35.7 Å². The number of benzene rings is 2. The van der Waals surface area contributed by atoms with Crippen LogP contribution in [0.15, 0.2) is 45.9 Å². The van der Waals surface area contributed by atoms with Crippen LogP contribution >= 0.6 is 15.9 Å². The Bertz CT molecular complexity index is 738. The zero-order valence-corrected chi connectivity index (χ0v) is 15.1. The summed E-state index contributed by atoms with van der Waals surface area (Å²) in [5.74, 6) is 1.25. The molecule has 0 aromatic heterocycles. The van der Waals surface area contributed by atoms with Gasteiger partial charge in [0.25, 0.3) is 0 Å². The number of nitrogens with two attached hydrogens (primary N) is 1. The van der Waals surface area contributed by atoms with Crippen LogP contribution in [0.1, 0.15) is 5.56 Å². The molecule has 0 atom stereocenters. The minimum Gasteiger partial charge on any atom is -0.497 e. The molecular formula is C17H19BrFN3O2. The highest BCUT2D eigenvalue weighted by Gasteiger charge is 2.06. The number of hydrogen-bond donors (Lipinski definition) is 2. The minimum atomic E-state index is -0.255. The van der Waals surface area contributed by atoms with Gasteiger partial charge in [-0.05, 0) is 42.3 Å². The number of rotatable bonds is 6. The van der Waals surface area contributed by atoms with Crippen LogP contribution in [-0.4, -0.2) is 26.7 Å². The third kappa shape index (κ3) is 4.86. The van der Waals surface area contributed by atoms with Crippen LogP contribution in [0.25, 0.3) is 0 Å². The first-order valence-corrected chi connectivity index (χ1v) is 8.05. The topological polar surface area (TPSA) is 68.9 Å². The molecule has 3 N–H and O–H groups in total. The molecule has 0 aliphatic heterocycles. The third-order valence-electron chi connectivity index (χ3n) is 3.34. The molecule has 0 radical (unpaired) electrons. The molecule has 0 spiro atoms. The van der Waals surface area contributed by atoms with Crippen molar-refractivity contribution in [3.63, 3.8) is 0 Å².